The van der Waals surface area contributed by atoms with Gasteiger partial charge in [0.25, 0.3) is 11.8 Å². The van der Waals surface area contributed by atoms with Crippen molar-refractivity contribution in [2.45, 2.75) is 19.3 Å². The van der Waals surface area contributed by atoms with Crippen molar-refractivity contribution in [3.63, 3.8) is 0 Å². The van der Waals surface area contributed by atoms with Crippen LogP contribution in [0.2, 0.25) is 0 Å². The molecule has 6 nitrogen and oxygen atoms in total. The largest absolute Gasteiger partial charge is 0.356 e. The average Bonchev–Trinajstić information content (AvgIpc) is 2.77. The number of hydrogen-bond acceptors (Lipinski definition) is 3. The minimum absolute atomic E-state index is 0. The van der Waals surface area contributed by atoms with E-state index >= 15 is 0 Å². The van der Waals surface area contributed by atoms with Crippen LogP contribution in [0.4, 0.5) is 0 Å². The number of benzene rings is 1. The van der Waals surface area contributed by atoms with E-state index in [0.717, 1.165) is 12.5 Å². The first-order chi connectivity index (χ1) is 11.2. The third-order valence-corrected chi connectivity index (χ3v) is 4.51. The molecule has 1 aliphatic carbocycles. The number of amides is 2. The van der Waals surface area contributed by atoms with Crippen LogP contribution in [0.25, 0.3) is 0 Å². The molecule has 0 aromatic heterocycles. The Bertz CT molecular complexity index is 608. The van der Waals surface area contributed by atoms with Gasteiger partial charge in [0, 0.05) is 26.7 Å². The summed E-state index contributed by atoms with van der Waals surface area (Å²) in [6, 6.07) is 6.94. The fourth-order valence-electron chi connectivity index (χ4n) is 2.89. The molecule has 130 valence electrons. The fraction of sp³-hybridized carbons (Fsp3) is 0.471. The van der Waals surface area contributed by atoms with Gasteiger partial charge in [-0.05, 0) is 30.9 Å². The first-order valence-corrected chi connectivity index (χ1v) is 8.10. The van der Waals surface area contributed by atoms with E-state index in [-0.39, 0.29) is 35.8 Å². The lowest BCUT2D eigenvalue weighted by atomic mass is 9.85. The van der Waals surface area contributed by atoms with Crippen LogP contribution in [0.1, 0.15) is 40.0 Å². The summed E-state index contributed by atoms with van der Waals surface area (Å²) in [5, 5.41) is 6.45. The second-order valence-electron chi connectivity index (χ2n) is 5.98. The number of carbonyl (C=O) groups is 2. The number of fused-ring (bicyclic) bond motifs is 1. The molecule has 7 heteroatoms. The van der Waals surface area contributed by atoms with E-state index in [9.17, 15) is 9.59 Å². The number of nitrogens with zero attached hydrogens (tertiary/aromatic N) is 2. The summed E-state index contributed by atoms with van der Waals surface area (Å²) in [4.78, 5) is 29.9. The molecule has 1 aromatic carbocycles. The molecule has 0 atom stereocenters. The summed E-state index contributed by atoms with van der Waals surface area (Å²) in [7, 11) is 1.72. The predicted molar refractivity (Wildman–Crippen MR) is 104 cm³/mol. The van der Waals surface area contributed by atoms with Crippen molar-refractivity contribution < 1.29 is 9.59 Å². The van der Waals surface area contributed by atoms with Crippen LogP contribution in [0.5, 0.6) is 0 Å². The summed E-state index contributed by atoms with van der Waals surface area (Å²) in [5.41, 5.74) is 0.981. The molecule has 2 aliphatic rings. The standard InChI is InChI=1S/C17H22N4O2.HI/c1-18-17(20-11-12-5-4-6-12)19-9-10-21-15(22)13-7-2-3-8-14(13)16(21)23;/h2-3,7-8,12H,4-6,9-11H2,1H3,(H2,18,19,20);1H. The van der Waals surface area contributed by atoms with Crippen LogP contribution in [0.3, 0.4) is 0 Å². The zero-order valence-corrected chi connectivity index (χ0v) is 16.1. The Morgan fingerprint density at radius 1 is 1.17 bits per heavy atom. The van der Waals surface area contributed by atoms with Gasteiger partial charge in [-0.3, -0.25) is 19.5 Å². The molecule has 1 fully saturated rings. The Labute approximate surface area is 159 Å². The van der Waals surface area contributed by atoms with Gasteiger partial charge in [0.15, 0.2) is 5.96 Å². The lowest BCUT2D eigenvalue weighted by Crippen LogP contribution is -2.44. The highest BCUT2D eigenvalue weighted by Gasteiger charge is 2.34. The topological polar surface area (TPSA) is 73.8 Å². The SMILES string of the molecule is CN=C(NCCN1C(=O)c2ccccc2C1=O)NCC1CCC1.I. The molecule has 3 rings (SSSR count). The number of nitrogens with one attached hydrogen (secondary N) is 2. The average molecular weight is 442 g/mol. The summed E-state index contributed by atoms with van der Waals surface area (Å²) >= 11 is 0. The van der Waals surface area contributed by atoms with E-state index in [2.05, 4.69) is 15.6 Å². The van der Waals surface area contributed by atoms with Crippen molar-refractivity contribution in [2.24, 2.45) is 10.9 Å². The fourth-order valence-corrected chi connectivity index (χ4v) is 2.89. The lowest BCUT2D eigenvalue weighted by Gasteiger charge is -2.26. The summed E-state index contributed by atoms with van der Waals surface area (Å²) in [6.45, 7) is 1.74. The van der Waals surface area contributed by atoms with Crippen molar-refractivity contribution in [1.29, 1.82) is 0 Å². The van der Waals surface area contributed by atoms with Gasteiger partial charge in [-0.1, -0.05) is 18.6 Å². The second kappa shape index (κ2) is 8.46. The number of imide groups is 1. The van der Waals surface area contributed by atoms with E-state index in [1.165, 1.54) is 24.2 Å². The highest BCUT2D eigenvalue weighted by atomic mass is 127. The van der Waals surface area contributed by atoms with E-state index in [1.807, 2.05) is 0 Å². The zero-order valence-electron chi connectivity index (χ0n) is 13.7. The molecule has 0 radical (unpaired) electrons. The van der Waals surface area contributed by atoms with Crippen LogP contribution in [0, 0.1) is 5.92 Å². The maximum Gasteiger partial charge on any atom is 0.261 e. The van der Waals surface area contributed by atoms with E-state index in [4.69, 9.17) is 0 Å². The van der Waals surface area contributed by atoms with Crippen molar-refractivity contribution in [2.75, 3.05) is 26.7 Å². The van der Waals surface area contributed by atoms with Crippen LogP contribution >= 0.6 is 24.0 Å². The Morgan fingerprint density at radius 2 is 1.79 bits per heavy atom. The van der Waals surface area contributed by atoms with Gasteiger partial charge >= 0.3 is 0 Å². The Hall–Kier alpha value is -1.64. The zero-order chi connectivity index (χ0) is 16.2. The Kier molecular flexibility index (Phi) is 6.59. The minimum atomic E-state index is -0.218. The third kappa shape index (κ3) is 3.88. The highest BCUT2D eigenvalue weighted by Crippen LogP contribution is 2.25. The molecule has 1 aromatic rings. The first kappa shape index (κ1) is 18.7. The second-order valence-corrected chi connectivity index (χ2v) is 5.98. The summed E-state index contributed by atoms with van der Waals surface area (Å²) in [6.07, 6.45) is 3.87. The number of guanidine groups is 1. The van der Waals surface area contributed by atoms with Gasteiger partial charge in [-0.25, -0.2) is 0 Å². The molecule has 0 bridgehead atoms. The molecule has 1 saturated carbocycles. The van der Waals surface area contributed by atoms with Gasteiger partial charge < -0.3 is 10.6 Å². The Balaban J connectivity index is 0.00000208. The van der Waals surface area contributed by atoms with Gasteiger partial charge in [0.1, 0.15) is 0 Å². The molecule has 2 N–H and O–H groups in total. The lowest BCUT2D eigenvalue weighted by molar-refractivity contribution is 0.0657. The van der Waals surface area contributed by atoms with Crippen molar-refractivity contribution >= 4 is 41.8 Å². The van der Waals surface area contributed by atoms with Crippen LogP contribution in [-0.4, -0.2) is 49.4 Å². The van der Waals surface area contributed by atoms with Crippen LogP contribution in [0.15, 0.2) is 29.3 Å². The van der Waals surface area contributed by atoms with E-state index < -0.39 is 0 Å². The summed E-state index contributed by atoms with van der Waals surface area (Å²) in [5.74, 6) is 1.02. The molecular weight excluding hydrogens is 419 g/mol. The molecular formula is C17H23IN4O2. The van der Waals surface area contributed by atoms with Crippen LogP contribution < -0.4 is 10.6 Å². The van der Waals surface area contributed by atoms with Crippen molar-refractivity contribution in [3.8, 4) is 0 Å². The predicted octanol–water partition coefficient (Wildman–Crippen LogP) is 1.87. The van der Waals surface area contributed by atoms with Gasteiger partial charge in [-0.2, -0.15) is 0 Å². The first-order valence-electron chi connectivity index (χ1n) is 8.10. The highest BCUT2D eigenvalue weighted by molar-refractivity contribution is 14.0. The van der Waals surface area contributed by atoms with Crippen molar-refractivity contribution in [1.82, 2.24) is 15.5 Å². The number of hydrogen-bond donors (Lipinski definition) is 2. The number of carbonyl (C=O) groups excluding carboxylic acids is 2. The van der Waals surface area contributed by atoms with Gasteiger partial charge in [0.2, 0.25) is 0 Å². The van der Waals surface area contributed by atoms with E-state index in [1.54, 1.807) is 31.3 Å². The Morgan fingerprint density at radius 3 is 2.29 bits per heavy atom. The molecule has 0 saturated heterocycles. The maximum atomic E-state index is 12.2. The molecule has 1 heterocycles. The third-order valence-electron chi connectivity index (χ3n) is 4.51. The van der Waals surface area contributed by atoms with E-state index in [0.29, 0.717) is 30.2 Å². The number of aliphatic imine (C=N–C) groups is 1. The normalized spacial score (nSPS) is 17.2. The summed E-state index contributed by atoms with van der Waals surface area (Å²) < 4.78 is 0. The van der Waals surface area contributed by atoms with Gasteiger partial charge in [-0.15, -0.1) is 24.0 Å². The molecule has 0 spiro atoms. The van der Waals surface area contributed by atoms with Crippen molar-refractivity contribution in [3.05, 3.63) is 35.4 Å². The maximum absolute atomic E-state index is 12.2. The number of rotatable bonds is 5. The minimum Gasteiger partial charge on any atom is -0.356 e. The number of halogens is 1. The molecule has 1 aliphatic heterocycles. The quantitative estimate of drug-likeness (QED) is 0.316. The van der Waals surface area contributed by atoms with Crippen LogP contribution in [-0.2, 0) is 0 Å². The molecule has 24 heavy (non-hydrogen) atoms. The smallest absolute Gasteiger partial charge is 0.261 e. The molecule has 0 unspecified atom stereocenters. The molecule has 2 amide bonds. The monoisotopic (exact) mass is 442 g/mol. The van der Waals surface area contributed by atoms with Gasteiger partial charge in [0.05, 0.1) is 11.1 Å².